The molecule has 1 aliphatic rings. The zero-order valence-corrected chi connectivity index (χ0v) is 28.0. The molecule has 0 saturated heterocycles. The largest absolute Gasteiger partial charge is 0.444 e. The van der Waals surface area contributed by atoms with Gasteiger partial charge in [0.2, 0.25) is 0 Å². The van der Waals surface area contributed by atoms with Crippen LogP contribution in [0.4, 0.5) is 23.1 Å². The number of thiazole rings is 1. The number of nitrogens with zero attached hydrogens (tertiary/aromatic N) is 6. The van der Waals surface area contributed by atoms with Crippen LogP contribution in [0.5, 0.6) is 0 Å². The van der Waals surface area contributed by atoms with Gasteiger partial charge in [0.15, 0.2) is 11.2 Å². The van der Waals surface area contributed by atoms with Gasteiger partial charge < -0.3 is 14.2 Å². The Morgan fingerprint density at radius 3 is 2.60 bits per heavy atom. The number of likely N-dealkylation sites (N-methyl/N-ethyl adjacent to an activating group) is 1. The third-order valence-electron chi connectivity index (χ3n) is 8.27. The van der Waals surface area contributed by atoms with Crippen molar-refractivity contribution in [3.63, 3.8) is 0 Å². The average Bonchev–Trinajstić information content (AvgIpc) is 3.82. The Morgan fingerprint density at radius 2 is 1.94 bits per heavy atom. The number of hydrogen-bond donors (Lipinski definition) is 1. The molecule has 5 aromatic rings. The maximum absolute atomic E-state index is 14.6. The van der Waals surface area contributed by atoms with Crippen LogP contribution in [0.3, 0.4) is 0 Å². The average molecular weight is 680 g/mol. The van der Waals surface area contributed by atoms with E-state index in [-0.39, 0.29) is 23.9 Å². The molecule has 0 saturated carbocycles. The van der Waals surface area contributed by atoms with Crippen molar-refractivity contribution < 1.29 is 27.5 Å². The highest BCUT2D eigenvalue weighted by atomic mass is 32.1. The number of aromatic nitrogens is 5. The minimum absolute atomic E-state index is 0.0793. The number of aryl methyl sites for hydroxylation is 1. The van der Waals surface area contributed by atoms with Gasteiger partial charge in [0.1, 0.15) is 11.8 Å². The SMILES string of the molecule is Cc1c(-c2ccc(CCN(C)C(=O)OC(C)(C)C)cc2)cc(C(F)F)c2cn(C(C(=O)Nc3nccs3)c3ncn4c3C[C@@H](F)C4)nc12. The van der Waals surface area contributed by atoms with Gasteiger partial charge in [-0.1, -0.05) is 24.3 Å². The maximum atomic E-state index is 14.6. The number of hydrogen-bond acceptors (Lipinski definition) is 7. The Kier molecular flexibility index (Phi) is 9.03. The first-order chi connectivity index (χ1) is 22.8. The lowest BCUT2D eigenvalue weighted by Gasteiger charge is -2.24. The second-order valence-electron chi connectivity index (χ2n) is 12.9. The number of amides is 2. The van der Waals surface area contributed by atoms with Crippen molar-refractivity contribution in [2.24, 2.45) is 0 Å². The van der Waals surface area contributed by atoms with Gasteiger partial charge >= 0.3 is 6.09 Å². The molecule has 4 heterocycles. The fourth-order valence-electron chi connectivity index (χ4n) is 5.89. The summed E-state index contributed by atoms with van der Waals surface area (Å²) in [6.45, 7) is 7.81. The Labute approximate surface area is 279 Å². The second-order valence-corrected chi connectivity index (χ2v) is 13.8. The van der Waals surface area contributed by atoms with E-state index < -0.39 is 36.2 Å². The van der Waals surface area contributed by atoms with Crippen LogP contribution in [-0.2, 0) is 28.9 Å². The van der Waals surface area contributed by atoms with Gasteiger partial charge in [0.25, 0.3) is 12.3 Å². The third-order valence-corrected chi connectivity index (χ3v) is 8.95. The number of benzene rings is 2. The summed E-state index contributed by atoms with van der Waals surface area (Å²) in [6, 6.07) is 7.82. The zero-order valence-electron chi connectivity index (χ0n) is 27.2. The van der Waals surface area contributed by atoms with E-state index in [1.807, 2.05) is 45.0 Å². The molecule has 252 valence electrons. The zero-order chi connectivity index (χ0) is 34.3. The van der Waals surface area contributed by atoms with Crippen LogP contribution in [0.2, 0.25) is 0 Å². The van der Waals surface area contributed by atoms with Crippen LogP contribution in [0.1, 0.15) is 61.3 Å². The Morgan fingerprint density at radius 1 is 1.19 bits per heavy atom. The first-order valence-corrected chi connectivity index (χ1v) is 16.4. The first-order valence-electron chi connectivity index (χ1n) is 15.5. The van der Waals surface area contributed by atoms with E-state index in [9.17, 15) is 22.8 Å². The molecule has 0 aliphatic carbocycles. The van der Waals surface area contributed by atoms with Gasteiger partial charge in [-0.15, -0.1) is 11.3 Å². The summed E-state index contributed by atoms with van der Waals surface area (Å²) in [5, 5.41) is 9.76. The van der Waals surface area contributed by atoms with E-state index in [1.165, 1.54) is 39.5 Å². The van der Waals surface area contributed by atoms with E-state index >= 15 is 0 Å². The highest BCUT2D eigenvalue weighted by molar-refractivity contribution is 7.13. The Hall–Kier alpha value is -4.72. The molecule has 48 heavy (non-hydrogen) atoms. The standard InChI is InChI=1S/C34H36F3N7O3S/c1-19-23(21-8-6-20(7-9-21)10-12-42(5)33(46)47-34(2,3)4)15-24(30(36)37)25-17-44(41-27(19)25)29(31(45)40-32-38-11-13-48-32)28-26-14-22(35)16-43(26)18-39-28/h6-9,11,13,15,17-18,22,29-30H,10,12,14,16H2,1-5H3,(H,38,40,45)/t22-,29?/m1/s1. The molecule has 0 radical (unpaired) electrons. The summed E-state index contributed by atoms with van der Waals surface area (Å²) in [7, 11) is 1.68. The van der Waals surface area contributed by atoms with E-state index in [0.717, 1.165) is 5.56 Å². The molecule has 1 N–H and O–H groups in total. The predicted octanol–water partition coefficient (Wildman–Crippen LogP) is 7.13. The first kappa shape index (κ1) is 33.2. The van der Waals surface area contributed by atoms with Crippen LogP contribution in [-0.4, -0.2) is 66.6 Å². The lowest BCUT2D eigenvalue weighted by Crippen LogP contribution is -2.35. The molecule has 2 amide bonds. The van der Waals surface area contributed by atoms with Gasteiger partial charge in [0, 0.05) is 54.4 Å². The van der Waals surface area contributed by atoms with Crippen molar-refractivity contribution in [1.29, 1.82) is 0 Å². The Bertz CT molecular complexity index is 1950. The maximum Gasteiger partial charge on any atom is 0.410 e. The summed E-state index contributed by atoms with van der Waals surface area (Å²) < 4.78 is 52.1. The van der Waals surface area contributed by atoms with Crippen molar-refractivity contribution in [1.82, 2.24) is 29.2 Å². The molecular formula is C34H36F3N7O3S. The number of nitrogens with one attached hydrogen (secondary N) is 1. The van der Waals surface area contributed by atoms with Gasteiger partial charge in [0.05, 0.1) is 24.1 Å². The number of halogens is 3. The van der Waals surface area contributed by atoms with Crippen LogP contribution in [0.25, 0.3) is 22.0 Å². The number of ether oxygens (including phenoxy) is 1. The van der Waals surface area contributed by atoms with E-state index in [4.69, 9.17) is 9.84 Å². The summed E-state index contributed by atoms with van der Waals surface area (Å²) >= 11 is 1.23. The Balaban J connectivity index is 1.33. The van der Waals surface area contributed by atoms with E-state index in [2.05, 4.69) is 15.3 Å². The number of imidazole rings is 1. The summed E-state index contributed by atoms with van der Waals surface area (Å²) in [5.74, 6) is -0.522. The van der Waals surface area contributed by atoms with Gasteiger partial charge in [-0.25, -0.2) is 27.9 Å². The number of carbonyl (C=O) groups is 2. The third kappa shape index (κ3) is 6.80. The molecule has 3 aromatic heterocycles. The van der Waals surface area contributed by atoms with Crippen molar-refractivity contribution in [2.75, 3.05) is 18.9 Å². The van der Waals surface area contributed by atoms with E-state index in [1.54, 1.807) is 30.1 Å². The predicted molar refractivity (Wildman–Crippen MR) is 177 cm³/mol. The van der Waals surface area contributed by atoms with Crippen LogP contribution < -0.4 is 5.32 Å². The molecule has 1 unspecified atom stereocenters. The molecule has 0 bridgehead atoms. The molecule has 2 atom stereocenters. The quantitative estimate of drug-likeness (QED) is 0.178. The number of carbonyl (C=O) groups excluding carboxylic acids is 2. The fourth-order valence-corrected chi connectivity index (χ4v) is 6.42. The van der Waals surface area contributed by atoms with Crippen molar-refractivity contribution >= 4 is 39.4 Å². The minimum Gasteiger partial charge on any atom is -0.444 e. The topological polar surface area (TPSA) is 107 Å². The van der Waals surface area contributed by atoms with Crippen molar-refractivity contribution in [2.45, 2.75) is 71.3 Å². The van der Waals surface area contributed by atoms with Crippen LogP contribution >= 0.6 is 11.3 Å². The van der Waals surface area contributed by atoms with Gasteiger partial charge in [-0.3, -0.25) is 14.8 Å². The lowest BCUT2D eigenvalue weighted by atomic mass is 9.94. The molecule has 0 fully saturated rings. The summed E-state index contributed by atoms with van der Waals surface area (Å²) in [4.78, 5) is 36.2. The molecule has 14 heteroatoms. The minimum atomic E-state index is -2.82. The molecular weight excluding hydrogens is 643 g/mol. The molecule has 0 spiro atoms. The smallest absolute Gasteiger partial charge is 0.410 e. The normalized spacial score (nSPS) is 15.1. The summed E-state index contributed by atoms with van der Waals surface area (Å²) in [6.07, 6.45) is 0.791. The number of anilines is 1. The van der Waals surface area contributed by atoms with E-state index in [0.29, 0.717) is 51.7 Å². The van der Waals surface area contributed by atoms with Crippen LogP contribution in [0, 0.1) is 6.92 Å². The second kappa shape index (κ2) is 13.1. The monoisotopic (exact) mass is 679 g/mol. The number of fused-ring (bicyclic) bond motifs is 2. The molecule has 10 nitrogen and oxygen atoms in total. The highest BCUT2D eigenvalue weighted by Gasteiger charge is 2.35. The van der Waals surface area contributed by atoms with Gasteiger partial charge in [-0.2, -0.15) is 5.10 Å². The number of rotatable bonds is 9. The number of alkyl halides is 3. The lowest BCUT2D eigenvalue weighted by molar-refractivity contribution is -0.118. The summed E-state index contributed by atoms with van der Waals surface area (Å²) in [5.41, 5.74) is 3.28. The van der Waals surface area contributed by atoms with Crippen LogP contribution in [0.15, 0.2) is 54.4 Å². The van der Waals surface area contributed by atoms with Gasteiger partial charge in [-0.05, 0) is 62.4 Å². The fraction of sp³-hybridized carbons (Fsp3) is 0.382. The molecule has 2 aromatic carbocycles. The molecule has 1 aliphatic heterocycles. The molecule has 6 rings (SSSR count). The van der Waals surface area contributed by atoms with Crippen molar-refractivity contribution in [3.05, 3.63) is 82.5 Å². The highest BCUT2D eigenvalue weighted by Crippen LogP contribution is 2.38. The van der Waals surface area contributed by atoms with Crippen molar-refractivity contribution in [3.8, 4) is 11.1 Å².